The molecule has 1 aliphatic heterocycles. The van der Waals surface area contributed by atoms with E-state index in [-0.39, 0.29) is 9.79 Å². The summed E-state index contributed by atoms with van der Waals surface area (Å²) in [6.45, 7) is 2.50. The van der Waals surface area contributed by atoms with Gasteiger partial charge in [-0.1, -0.05) is 29.3 Å². The molecule has 0 fully saturated rings. The summed E-state index contributed by atoms with van der Waals surface area (Å²) in [5.41, 5.74) is 1.63. The molecule has 0 spiro atoms. The molecule has 0 saturated carbocycles. The van der Waals surface area contributed by atoms with Crippen LogP contribution in [0.2, 0.25) is 5.02 Å². The Hall–Kier alpha value is -2.31. The number of nitrogens with zero attached hydrogens (tertiary/aromatic N) is 2. The first kappa shape index (κ1) is 17.1. The molecule has 0 bridgehead atoms. The lowest BCUT2D eigenvalue weighted by atomic mass is 10.2. The van der Waals surface area contributed by atoms with Crippen LogP contribution in [0, 0.1) is 6.92 Å². The minimum Gasteiger partial charge on any atom is -0.281 e. The van der Waals surface area contributed by atoms with E-state index in [0.29, 0.717) is 29.4 Å². The Balaban J connectivity index is 1.96. The van der Waals surface area contributed by atoms with Crippen molar-refractivity contribution in [3.63, 3.8) is 0 Å². The van der Waals surface area contributed by atoms with Crippen LogP contribution in [0.4, 0.5) is 0 Å². The molecule has 2 heterocycles. The van der Waals surface area contributed by atoms with Crippen LogP contribution in [0.3, 0.4) is 0 Å². The van der Waals surface area contributed by atoms with Crippen LogP contribution >= 0.6 is 11.6 Å². The van der Waals surface area contributed by atoms with Crippen LogP contribution in [0.1, 0.15) is 17.7 Å². The predicted octanol–water partition coefficient (Wildman–Crippen LogP) is 3.38. The Morgan fingerprint density at radius 2 is 1.65 bits per heavy atom. The van der Waals surface area contributed by atoms with Crippen molar-refractivity contribution in [3.8, 4) is 5.69 Å². The van der Waals surface area contributed by atoms with E-state index in [2.05, 4.69) is 0 Å². The molecule has 0 aliphatic carbocycles. The zero-order valence-electron chi connectivity index (χ0n) is 14.1. The number of fused-ring (bicyclic) bond motifs is 1. The fraction of sp³-hybridized carbons (Fsp3) is 0.211. The fourth-order valence-corrected chi connectivity index (χ4v) is 5.08. The summed E-state index contributed by atoms with van der Waals surface area (Å²) in [4.78, 5) is 13.1. The topological polar surface area (TPSA) is 61.1 Å². The zero-order chi connectivity index (χ0) is 18.5. The molecule has 4 rings (SSSR count). The number of rotatable bonds is 3. The highest BCUT2D eigenvalue weighted by Gasteiger charge is 2.33. The minimum atomic E-state index is -3.89. The Labute approximate surface area is 156 Å². The molecule has 1 aromatic heterocycles. The van der Waals surface area contributed by atoms with E-state index in [9.17, 15) is 13.2 Å². The molecule has 0 saturated heterocycles. The summed E-state index contributed by atoms with van der Waals surface area (Å²) in [5.74, 6) is 0. The Morgan fingerprint density at radius 3 is 2.31 bits per heavy atom. The summed E-state index contributed by atoms with van der Waals surface area (Å²) >= 11 is 5.94. The smallest absolute Gasteiger partial charge is 0.281 e. The summed E-state index contributed by atoms with van der Waals surface area (Å²) in [6.07, 6.45) is 1.37. The average Bonchev–Trinajstić information content (AvgIpc) is 3.16. The zero-order valence-corrected chi connectivity index (χ0v) is 15.7. The Morgan fingerprint density at radius 1 is 1.00 bits per heavy atom. The van der Waals surface area contributed by atoms with Crippen molar-refractivity contribution in [2.75, 3.05) is 0 Å². The lowest BCUT2D eigenvalue weighted by Gasteiger charge is -2.08. The van der Waals surface area contributed by atoms with Gasteiger partial charge < -0.3 is 0 Å². The Kier molecular flexibility index (Phi) is 4.04. The molecule has 26 heavy (non-hydrogen) atoms. The van der Waals surface area contributed by atoms with Gasteiger partial charge in [0.1, 0.15) is 0 Å². The van der Waals surface area contributed by atoms with E-state index in [4.69, 9.17) is 11.6 Å². The van der Waals surface area contributed by atoms with Crippen LogP contribution in [0.15, 0.2) is 63.1 Å². The SMILES string of the molecule is Cc1ccc(S(=O)(=O)c2c3n(n(-c4ccc(Cl)cc4)c2=O)CCC3)cc1. The second-order valence-corrected chi connectivity index (χ2v) is 8.74. The number of hydrogen-bond donors (Lipinski definition) is 0. The van der Waals surface area contributed by atoms with Crippen LogP contribution in [-0.4, -0.2) is 17.8 Å². The van der Waals surface area contributed by atoms with Gasteiger partial charge >= 0.3 is 0 Å². The molecule has 0 atom stereocenters. The monoisotopic (exact) mass is 388 g/mol. The number of sulfone groups is 1. The van der Waals surface area contributed by atoms with Crippen molar-refractivity contribution in [2.45, 2.75) is 36.1 Å². The molecule has 0 unspecified atom stereocenters. The second-order valence-electron chi connectivity index (χ2n) is 6.41. The summed E-state index contributed by atoms with van der Waals surface area (Å²) < 4.78 is 29.6. The summed E-state index contributed by atoms with van der Waals surface area (Å²) in [5, 5.41) is 0.558. The minimum absolute atomic E-state index is 0.117. The van der Waals surface area contributed by atoms with Crippen molar-refractivity contribution in [1.82, 2.24) is 9.36 Å². The molecule has 3 aromatic rings. The van der Waals surface area contributed by atoms with E-state index < -0.39 is 15.4 Å². The molecular formula is C19H17ClN2O3S. The van der Waals surface area contributed by atoms with E-state index in [1.165, 1.54) is 4.68 Å². The number of aromatic nitrogens is 2. The predicted molar refractivity (Wildman–Crippen MR) is 100.0 cm³/mol. The normalized spacial score (nSPS) is 13.8. The van der Waals surface area contributed by atoms with Crippen LogP contribution in [0.5, 0.6) is 0 Å². The maximum Gasteiger partial charge on any atom is 0.290 e. The van der Waals surface area contributed by atoms with Gasteiger partial charge in [-0.15, -0.1) is 0 Å². The van der Waals surface area contributed by atoms with Crippen molar-refractivity contribution >= 4 is 21.4 Å². The third kappa shape index (κ3) is 2.61. The van der Waals surface area contributed by atoms with Gasteiger partial charge in [-0.05, 0) is 56.2 Å². The quantitative estimate of drug-likeness (QED) is 0.691. The van der Waals surface area contributed by atoms with Crippen molar-refractivity contribution in [3.05, 3.63) is 75.2 Å². The summed E-state index contributed by atoms with van der Waals surface area (Å²) in [7, 11) is -3.89. The third-order valence-corrected chi connectivity index (χ3v) is 6.75. The van der Waals surface area contributed by atoms with Gasteiger partial charge in [0.15, 0.2) is 4.90 Å². The summed E-state index contributed by atoms with van der Waals surface area (Å²) in [6, 6.07) is 13.4. The standard InChI is InChI=1S/C19H17ClN2O3S/c1-13-4-10-16(11-5-13)26(24,25)18-17-3-2-12-21(17)22(19(18)23)15-8-6-14(20)7-9-15/h4-11H,2-3,12H2,1H3. The molecule has 1 aliphatic rings. The molecule has 2 aromatic carbocycles. The van der Waals surface area contributed by atoms with E-state index >= 15 is 0 Å². The van der Waals surface area contributed by atoms with Crippen molar-refractivity contribution in [1.29, 1.82) is 0 Å². The van der Waals surface area contributed by atoms with Crippen molar-refractivity contribution in [2.24, 2.45) is 0 Å². The first-order valence-electron chi connectivity index (χ1n) is 8.32. The van der Waals surface area contributed by atoms with Crippen LogP contribution in [-0.2, 0) is 22.8 Å². The van der Waals surface area contributed by atoms with E-state index in [1.807, 2.05) is 6.92 Å². The van der Waals surface area contributed by atoms with E-state index in [0.717, 1.165) is 12.0 Å². The molecule has 7 heteroatoms. The van der Waals surface area contributed by atoms with Gasteiger partial charge in [-0.2, -0.15) is 0 Å². The first-order chi connectivity index (χ1) is 12.4. The number of benzene rings is 2. The van der Waals surface area contributed by atoms with Gasteiger partial charge in [0, 0.05) is 11.6 Å². The van der Waals surface area contributed by atoms with Gasteiger partial charge in [0.05, 0.1) is 16.3 Å². The van der Waals surface area contributed by atoms with Crippen molar-refractivity contribution < 1.29 is 8.42 Å². The van der Waals surface area contributed by atoms with E-state index in [1.54, 1.807) is 53.2 Å². The second kappa shape index (κ2) is 6.14. The molecule has 0 amide bonds. The number of aryl methyl sites for hydroxylation is 1. The molecule has 0 N–H and O–H groups in total. The molecule has 5 nitrogen and oxygen atoms in total. The maximum atomic E-state index is 13.2. The van der Waals surface area contributed by atoms with Gasteiger partial charge in [-0.25, -0.2) is 13.1 Å². The highest BCUT2D eigenvalue weighted by molar-refractivity contribution is 7.91. The highest BCUT2D eigenvalue weighted by Crippen LogP contribution is 2.28. The number of hydrogen-bond acceptors (Lipinski definition) is 3. The first-order valence-corrected chi connectivity index (χ1v) is 10.2. The van der Waals surface area contributed by atoms with Gasteiger partial charge in [0.25, 0.3) is 5.56 Å². The fourth-order valence-electron chi connectivity index (χ4n) is 3.39. The lowest BCUT2D eigenvalue weighted by molar-refractivity contribution is 0.574. The van der Waals surface area contributed by atoms with Gasteiger partial charge in [0.2, 0.25) is 9.84 Å². The van der Waals surface area contributed by atoms with Crippen LogP contribution in [0.25, 0.3) is 5.69 Å². The third-order valence-electron chi connectivity index (χ3n) is 4.66. The maximum absolute atomic E-state index is 13.2. The average molecular weight is 389 g/mol. The molecular weight excluding hydrogens is 372 g/mol. The highest BCUT2D eigenvalue weighted by atomic mass is 35.5. The number of halogens is 1. The van der Waals surface area contributed by atoms with Gasteiger partial charge in [-0.3, -0.25) is 9.48 Å². The largest absolute Gasteiger partial charge is 0.290 e. The molecule has 0 radical (unpaired) electrons. The molecule has 134 valence electrons. The Bertz CT molecular complexity index is 1140. The lowest BCUT2D eigenvalue weighted by Crippen LogP contribution is -2.23. The van der Waals surface area contributed by atoms with Crippen LogP contribution < -0.4 is 5.56 Å².